The molecular formula is C18H22N4O3S2. The Labute approximate surface area is 162 Å². The minimum atomic E-state index is -3.33. The zero-order chi connectivity index (χ0) is 18.9. The number of nitrogens with one attached hydrogen (secondary N) is 2. The van der Waals surface area contributed by atoms with Gasteiger partial charge in [-0.25, -0.2) is 17.7 Å². The van der Waals surface area contributed by atoms with Crippen molar-refractivity contribution in [3.05, 3.63) is 35.7 Å². The number of thiazole rings is 1. The Hall–Kier alpha value is -1.81. The molecule has 4 rings (SSSR count). The highest BCUT2D eigenvalue weighted by atomic mass is 32.2. The number of rotatable bonds is 5. The number of sulfonamides is 1. The number of carbonyl (C=O) groups is 1. The van der Waals surface area contributed by atoms with Crippen molar-refractivity contribution in [2.24, 2.45) is 0 Å². The number of amides is 1. The Balaban J connectivity index is 1.38. The van der Waals surface area contributed by atoms with E-state index in [1.807, 2.05) is 35.7 Å². The van der Waals surface area contributed by atoms with E-state index in [9.17, 15) is 13.2 Å². The van der Waals surface area contributed by atoms with Gasteiger partial charge in [-0.05, 0) is 19.3 Å². The highest BCUT2D eigenvalue weighted by molar-refractivity contribution is 7.89. The van der Waals surface area contributed by atoms with Crippen LogP contribution in [0.15, 0.2) is 35.7 Å². The molecule has 2 aliphatic rings. The second-order valence-electron chi connectivity index (χ2n) is 6.86. The average molecular weight is 407 g/mol. The standard InChI is InChI=1S/C18H22N4O3S2/c23-17(21-18-20-16(12-26-18)13-6-2-1-3-7-13)15-10-14(11-19-15)27(24,25)22-8-4-5-9-22/h1-3,6-7,12,14-15,19H,4-5,8-11H2,(H,20,21,23). The smallest absolute Gasteiger partial charge is 0.243 e. The molecule has 27 heavy (non-hydrogen) atoms. The van der Waals surface area contributed by atoms with Crippen LogP contribution in [0.2, 0.25) is 0 Å². The number of hydrogen-bond donors (Lipinski definition) is 2. The molecule has 0 radical (unpaired) electrons. The summed E-state index contributed by atoms with van der Waals surface area (Å²) >= 11 is 1.36. The van der Waals surface area contributed by atoms with Gasteiger partial charge in [0.15, 0.2) is 5.13 Å². The normalized spacial score (nSPS) is 23.6. The SMILES string of the molecule is O=C(Nc1nc(-c2ccccc2)cs1)C1CC(S(=O)(=O)N2CCCC2)CN1. The predicted octanol–water partition coefficient (Wildman–Crippen LogP) is 1.90. The van der Waals surface area contributed by atoms with E-state index >= 15 is 0 Å². The lowest BCUT2D eigenvalue weighted by atomic mass is 10.2. The molecule has 2 atom stereocenters. The summed E-state index contributed by atoms with van der Waals surface area (Å²) in [6.45, 7) is 1.50. The van der Waals surface area contributed by atoms with Gasteiger partial charge in [0.2, 0.25) is 15.9 Å². The van der Waals surface area contributed by atoms with E-state index < -0.39 is 21.3 Å². The van der Waals surface area contributed by atoms with Gasteiger partial charge < -0.3 is 10.6 Å². The van der Waals surface area contributed by atoms with Crippen LogP contribution in [0.3, 0.4) is 0 Å². The minimum absolute atomic E-state index is 0.233. The van der Waals surface area contributed by atoms with E-state index in [0.717, 1.165) is 24.1 Å². The van der Waals surface area contributed by atoms with E-state index in [4.69, 9.17) is 0 Å². The van der Waals surface area contributed by atoms with Crippen LogP contribution in [0.5, 0.6) is 0 Å². The topological polar surface area (TPSA) is 91.4 Å². The molecule has 7 nitrogen and oxygen atoms in total. The summed E-state index contributed by atoms with van der Waals surface area (Å²) in [6, 6.07) is 9.24. The molecule has 1 aromatic carbocycles. The molecule has 2 aromatic rings. The molecule has 3 heterocycles. The van der Waals surface area contributed by atoms with Crippen molar-refractivity contribution in [2.75, 3.05) is 25.0 Å². The minimum Gasteiger partial charge on any atom is -0.304 e. The van der Waals surface area contributed by atoms with Crippen molar-refractivity contribution in [3.8, 4) is 11.3 Å². The second-order valence-corrected chi connectivity index (χ2v) is 9.93. The number of carbonyl (C=O) groups excluding carboxylic acids is 1. The fraction of sp³-hybridized carbons (Fsp3) is 0.444. The fourth-order valence-electron chi connectivity index (χ4n) is 3.55. The van der Waals surface area contributed by atoms with Gasteiger partial charge in [0.05, 0.1) is 17.0 Å². The molecule has 144 valence electrons. The maximum absolute atomic E-state index is 12.7. The third-order valence-electron chi connectivity index (χ3n) is 5.06. The first kappa shape index (κ1) is 18.5. The summed E-state index contributed by atoms with van der Waals surface area (Å²) in [6.07, 6.45) is 2.12. The summed E-state index contributed by atoms with van der Waals surface area (Å²) in [5.74, 6) is -0.233. The molecule has 0 aliphatic carbocycles. The van der Waals surface area contributed by atoms with Gasteiger partial charge in [0, 0.05) is 30.6 Å². The Morgan fingerprint density at radius 1 is 1.22 bits per heavy atom. The number of nitrogens with zero attached hydrogens (tertiary/aromatic N) is 2. The number of benzene rings is 1. The third kappa shape index (κ3) is 3.91. The maximum Gasteiger partial charge on any atom is 0.243 e. The lowest BCUT2D eigenvalue weighted by Crippen LogP contribution is -2.37. The highest BCUT2D eigenvalue weighted by Gasteiger charge is 2.41. The van der Waals surface area contributed by atoms with Crippen LogP contribution in [0.1, 0.15) is 19.3 Å². The van der Waals surface area contributed by atoms with Crippen LogP contribution >= 0.6 is 11.3 Å². The Morgan fingerprint density at radius 3 is 2.70 bits per heavy atom. The molecule has 9 heteroatoms. The first-order valence-corrected chi connectivity index (χ1v) is 11.5. The molecule has 2 saturated heterocycles. The van der Waals surface area contributed by atoms with E-state index in [0.29, 0.717) is 31.2 Å². The van der Waals surface area contributed by atoms with Crippen LogP contribution in [-0.4, -0.2) is 54.5 Å². The molecule has 0 bridgehead atoms. The van der Waals surface area contributed by atoms with Gasteiger partial charge in [-0.1, -0.05) is 30.3 Å². The predicted molar refractivity (Wildman–Crippen MR) is 106 cm³/mol. The molecule has 2 aliphatic heterocycles. The molecule has 0 saturated carbocycles. The highest BCUT2D eigenvalue weighted by Crippen LogP contribution is 2.26. The van der Waals surface area contributed by atoms with Gasteiger partial charge in [-0.2, -0.15) is 0 Å². The van der Waals surface area contributed by atoms with Gasteiger partial charge in [0.1, 0.15) is 0 Å². The summed E-state index contributed by atoms with van der Waals surface area (Å²) in [5, 5.41) is 7.74. The average Bonchev–Trinajstić information content (AvgIpc) is 3.42. The zero-order valence-electron chi connectivity index (χ0n) is 14.8. The third-order valence-corrected chi connectivity index (χ3v) is 8.10. The van der Waals surface area contributed by atoms with Crippen molar-refractivity contribution in [3.63, 3.8) is 0 Å². The first-order chi connectivity index (χ1) is 13.0. The number of anilines is 1. The van der Waals surface area contributed by atoms with E-state index in [1.165, 1.54) is 11.3 Å². The largest absolute Gasteiger partial charge is 0.304 e. The van der Waals surface area contributed by atoms with E-state index in [1.54, 1.807) is 4.31 Å². The molecule has 2 fully saturated rings. The number of aromatic nitrogens is 1. The van der Waals surface area contributed by atoms with Gasteiger partial charge in [-0.3, -0.25) is 4.79 Å². The van der Waals surface area contributed by atoms with Crippen molar-refractivity contribution < 1.29 is 13.2 Å². The Bertz CT molecular complexity index is 908. The summed E-state index contributed by atoms with van der Waals surface area (Å²) in [4.78, 5) is 17.0. The quantitative estimate of drug-likeness (QED) is 0.791. The summed E-state index contributed by atoms with van der Waals surface area (Å²) < 4.78 is 26.9. The molecule has 2 unspecified atom stereocenters. The van der Waals surface area contributed by atoms with E-state index in [-0.39, 0.29) is 5.91 Å². The van der Waals surface area contributed by atoms with Crippen LogP contribution in [0.25, 0.3) is 11.3 Å². The second kappa shape index (κ2) is 7.67. The van der Waals surface area contributed by atoms with Crippen molar-refractivity contribution in [1.82, 2.24) is 14.6 Å². The van der Waals surface area contributed by atoms with Gasteiger partial charge in [-0.15, -0.1) is 11.3 Å². The first-order valence-electron chi connectivity index (χ1n) is 9.08. The summed E-state index contributed by atoms with van der Waals surface area (Å²) in [7, 11) is -3.33. The Morgan fingerprint density at radius 2 is 1.96 bits per heavy atom. The lowest BCUT2D eigenvalue weighted by molar-refractivity contribution is -0.117. The van der Waals surface area contributed by atoms with Crippen molar-refractivity contribution in [1.29, 1.82) is 0 Å². The molecular weight excluding hydrogens is 384 g/mol. The fourth-order valence-corrected chi connectivity index (χ4v) is 6.20. The molecule has 0 spiro atoms. The molecule has 1 aromatic heterocycles. The monoisotopic (exact) mass is 406 g/mol. The van der Waals surface area contributed by atoms with Crippen LogP contribution in [0.4, 0.5) is 5.13 Å². The Kier molecular flexibility index (Phi) is 5.27. The van der Waals surface area contributed by atoms with Gasteiger partial charge >= 0.3 is 0 Å². The van der Waals surface area contributed by atoms with Crippen LogP contribution in [-0.2, 0) is 14.8 Å². The maximum atomic E-state index is 12.7. The summed E-state index contributed by atoms with van der Waals surface area (Å²) in [5.41, 5.74) is 1.80. The van der Waals surface area contributed by atoms with E-state index in [2.05, 4.69) is 15.6 Å². The van der Waals surface area contributed by atoms with Crippen LogP contribution in [0, 0.1) is 0 Å². The lowest BCUT2D eigenvalue weighted by Gasteiger charge is -2.19. The van der Waals surface area contributed by atoms with Crippen molar-refractivity contribution in [2.45, 2.75) is 30.6 Å². The zero-order valence-corrected chi connectivity index (χ0v) is 16.4. The van der Waals surface area contributed by atoms with Crippen LogP contribution < -0.4 is 10.6 Å². The molecule has 1 amide bonds. The molecule has 2 N–H and O–H groups in total. The number of hydrogen-bond acceptors (Lipinski definition) is 6. The van der Waals surface area contributed by atoms with Crippen molar-refractivity contribution >= 4 is 32.4 Å². The van der Waals surface area contributed by atoms with Gasteiger partial charge in [0.25, 0.3) is 0 Å².